The summed E-state index contributed by atoms with van der Waals surface area (Å²) in [4.78, 5) is 2.26. The maximum atomic E-state index is 9.43. The van der Waals surface area contributed by atoms with Gasteiger partial charge >= 0.3 is 0 Å². The van der Waals surface area contributed by atoms with E-state index >= 15 is 0 Å². The van der Waals surface area contributed by atoms with Crippen LogP contribution >= 0.6 is 11.3 Å². The summed E-state index contributed by atoms with van der Waals surface area (Å²) in [6.07, 6.45) is 0. The maximum Gasteiger partial charge on any atom is 0.176 e. The predicted octanol–water partition coefficient (Wildman–Crippen LogP) is 1.60. The fourth-order valence-electron chi connectivity index (χ4n) is 1.51. The molecule has 0 atom stereocenters. The Bertz CT molecular complexity index is 292. The molecule has 1 aliphatic heterocycles. The van der Waals surface area contributed by atoms with Gasteiger partial charge in [-0.25, -0.2) is 0 Å². The highest BCUT2D eigenvalue weighted by Gasteiger charge is 2.15. The van der Waals surface area contributed by atoms with Crippen LogP contribution in [-0.2, 0) is 4.74 Å². The summed E-state index contributed by atoms with van der Waals surface area (Å²) in [5, 5.41) is 11.9. The van der Waals surface area contributed by atoms with Crippen molar-refractivity contribution in [1.82, 2.24) is 0 Å². The van der Waals surface area contributed by atoms with E-state index in [4.69, 9.17) is 4.74 Å². The molecule has 1 aromatic heterocycles. The maximum absolute atomic E-state index is 9.43. The molecule has 1 fully saturated rings. The van der Waals surface area contributed by atoms with Crippen molar-refractivity contribution < 1.29 is 9.84 Å². The van der Waals surface area contributed by atoms with Gasteiger partial charge in [0.1, 0.15) is 0 Å². The monoisotopic (exact) mass is 199 g/mol. The van der Waals surface area contributed by atoms with Gasteiger partial charge in [0.15, 0.2) is 5.06 Å². The molecule has 1 aromatic rings. The van der Waals surface area contributed by atoms with Gasteiger partial charge in [0.25, 0.3) is 0 Å². The summed E-state index contributed by atoms with van der Waals surface area (Å²) in [7, 11) is 0. The number of anilines is 1. The highest BCUT2D eigenvalue weighted by molar-refractivity contribution is 7.12. The Labute approximate surface area is 81.6 Å². The Morgan fingerprint density at radius 3 is 2.69 bits per heavy atom. The second-order valence-electron chi connectivity index (χ2n) is 3.15. The van der Waals surface area contributed by atoms with E-state index in [1.165, 1.54) is 11.3 Å². The van der Waals surface area contributed by atoms with Crippen molar-refractivity contribution in [2.24, 2.45) is 0 Å². The van der Waals surface area contributed by atoms with Crippen LogP contribution < -0.4 is 4.90 Å². The fraction of sp³-hybridized carbons (Fsp3) is 0.556. The minimum Gasteiger partial charge on any atom is -0.499 e. The lowest BCUT2D eigenvalue weighted by Crippen LogP contribution is -2.36. The van der Waals surface area contributed by atoms with E-state index in [9.17, 15) is 5.11 Å². The Morgan fingerprint density at radius 2 is 2.15 bits per heavy atom. The highest BCUT2D eigenvalue weighted by atomic mass is 32.1. The van der Waals surface area contributed by atoms with E-state index in [-0.39, 0.29) is 0 Å². The van der Waals surface area contributed by atoms with Crippen LogP contribution in [0.4, 0.5) is 5.69 Å². The quantitative estimate of drug-likeness (QED) is 0.745. The molecule has 0 unspecified atom stereocenters. The molecule has 0 bridgehead atoms. The van der Waals surface area contributed by atoms with Crippen LogP contribution in [0.5, 0.6) is 5.06 Å². The molecular weight excluding hydrogens is 186 g/mol. The molecular formula is C9H13NO2S. The summed E-state index contributed by atoms with van der Waals surface area (Å²) in [6, 6.07) is 0. The molecule has 1 aliphatic rings. The number of rotatable bonds is 1. The number of morpholine rings is 1. The van der Waals surface area contributed by atoms with Gasteiger partial charge in [0.2, 0.25) is 0 Å². The predicted molar refractivity (Wildman–Crippen MR) is 53.8 cm³/mol. The van der Waals surface area contributed by atoms with Crippen LogP contribution in [0.15, 0.2) is 5.38 Å². The lowest BCUT2D eigenvalue weighted by atomic mass is 10.2. The molecule has 0 spiro atoms. The van der Waals surface area contributed by atoms with Crippen molar-refractivity contribution >= 4 is 17.0 Å². The number of ether oxygens (including phenoxy) is 1. The Balaban J connectivity index is 2.18. The topological polar surface area (TPSA) is 32.7 Å². The molecule has 13 heavy (non-hydrogen) atoms. The molecule has 0 amide bonds. The van der Waals surface area contributed by atoms with Crippen molar-refractivity contribution in [3.05, 3.63) is 10.9 Å². The number of hydrogen-bond acceptors (Lipinski definition) is 4. The first-order valence-corrected chi connectivity index (χ1v) is 5.27. The van der Waals surface area contributed by atoms with Crippen LogP contribution in [0.2, 0.25) is 0 Å². The molecule has 0 aromatic carbocycles. The zero-order valence-corrected chi connectivity index (χ0v) is 8.43. The van der Waals surface area contributed by atoms with Crippen molar-refractivity contribution in [2.75, 3.05) is 31.2 Å². The lowest BCUT2D eigenvalue weighted by Gasteiger charge is -2.28. The van der Waals surface area contributed by atoms with Gasteiger partial charge in [-0.05, 0) is 6.92 Å². The molecule has 2 rings (SSSR count). The van der Waals surface area contributed by atoms with Crippen LogP contribution in [0.3, 0.4) is 0 Å². The largest absolute Gasteiger partial charge is 0.499 e. The first-order valence-electron chi connectivity index (χ1n) is 4.39. The normalized spacial score (nSPS) is 17.8. The molecule has 0 saturated carbocycles. The summed E-state index contributed by atoms with van der Waals surface area (Å²) in [5.74, 6) is 0. The molecule has 72 valence electrons. The second-order valence-corrected chi connectivity index (χ2v) is 4.01. The molecule has 0 aliphatic carbocycles. The van der Waals surface area contributed by atoms with E-state index in [2.05, 4.69) is 4.90 Å². The standard InChI is InChI=1S/C9H13NO2S/c1-7-8(6-13-9(7)11)10-2-4-12-5-3-10/h6,11H,2-5H2,1H3. The van der Waals surface area contributed by atoms with Crippen LogP contribution in [-0.4, -0.2) is 31.4 Å². The van der Waals surface area contributed by atoms with Gasteiger partial charge in [-0.1, -0.05) is 0 Å². The van der Waals surface area contributed by atoms with Crippen molar-refractivity contribution in [2.45, 2.75) is 6.92 Å². The van der Waals surface area contributed by atoms with Gasteiger partial charge in [0.05, 0.1) is 18.9 Å². The summed E-state index contributed by atoms with van der Waals surface area (Å²) < 4.78 is 5.27. The Morgan fingerprint density at radius 1 is 1.46 bits per heavy atom. The average Bonchev–Trinajstić information content (AvgIpc) is 2.49. The van der Waals surface area contributed by atoms with E-state index in [0.29, 0.717) is 5.06 Å². The summed E-state index contributed by atoms with van der Waals surface area (Å²) in [5.41, 5.74) is 2.15. The molecule has 3 nitrogen and oxygen atoms in total. The average molecular weight is 199 g/mol. The number of thiophene rings is 1. The first-order chi connectivity index (χ1) is 6.29. The summed E-state index contributed by atoms with van der Waals surface area (Å²) in [6.45, 7) is 5.39. The van der Waals surface area contributed by atoms with E-state index in [1.54, 1.807) is 0 Å². The van der Waals surface area contributed by atoms with Gasteiger partial charge < -0.3 is 14.7 Å². The van der Waals surface area contributed by atoms with E-state index in [1.807, 2.05) is 12.3 Å². The second kappa shape index (κ2) is 3.55. The Kier molecular flexibility index (Phi) is 2.42. The fourth-order valence-corrected chi connectivity index (χ4v) is 2.34. The van der Waals surface area contributed by atoms with Crippen LogP contribution in [0.25, 0.3) is 0 Å². The molecule has 2 heterocycles. The number of nitrogens with zero attached hydrogens (tertiary/aromatic N) is 1. The van der Waals surface area contributed by atoms with Crippen LogP contribution in [0.1, 0.15) is 5.56 Å². The third-order valence-electron chi connectivity index (χ3n) is 2.34. The van der Waals surface area contributed by atoms with Crippen LogP contribution in [0, 0.1) is 6.92 Å². The van der Waals surface area contributed by atoms with Gasteiger partial charge in [-0.3, -0.25) is 0 Å². The third-order valence-corrected chi connectivity index (χ3v) is 3.21. The van der Waals surface area contributed by atoms with E-state index < -0.39 is 0 Å². The molecule has 1 N–H and O–H groups in total. The van der Waals surface area contributed by atoms with Crippen molar-refractivity contribution in [3.63, 3.8) is 0 Å². The van der Waals surface area contributed by atoms with Crippen molar-refractivity contribution in [1.29, 1.82) is 0 Å². The Hall–Kier alpha value is -0.740. The van der Waals surface area contributed by atoms with E-state index in [0.717, 1.165) is 37.6 Å². The number of aromatic hydroxyl groups is 1. The first kappa shape index (κ1) is 8.84. The minimum absolute atomic E-state index is 0.432. The van der Waals surface area contributed by atoms with Gasteiger partial charge in [-0.2, -0.15) is 0 Å². The van der Waals surface area contributed by atoms with Gasteiger partial charge in [-0.15, -0.1) is 11.3 Å². The van der Waals surface area contributed by atoms with Crippen molar-refractivity contribution in [3.8, 4) is 5.06 Å². The van der Waals surface area contributed by atoms with Gasteiger partial charge in [0, 0.05) is 24.0 Å². The molecule has 0 radical (unpaired) electrons. The zero-order chi connectivity index (χ0) is 9.26. The highest BCUT2D eigenvalue weighted by Crippen LogP contribution is 2.34. The third kappa shape index (κ3) is 1.64. The zero-order valence-electron chi connectivity index (χ0n) is 7.62. The molecule has 1 saturated heterocycles. The summed E-state index contributed by atoms with van der Waals surface area (Å²) >= 11 is 1.40. The minimum atomic E-state index is 0.432. The lowest BCUT2D eigenvalue weighted by molar-refractivity contribution is 0.122. The molecule has 4 heteroatoms. The SMILES string of the molecule is Cc1c(N2CCOCC2)csc1O. The smallest absolute Gasteiger partial charge is 0.176 e. The number of hydrogen-bond donors (Lipinski definition) is 1.